The Morgan fingerprint density at radius 2 is 2.44 bits per heavy atom. The molecule has 1 aromatic rings. The lowest BCUT2D eigenvalue weighted by Gasteiger charge is -1.83. The van der Waals surface area contributed by atoms with E-state index in [0.717, 1.165) is 16.5 Å². The molecule has 0 spiro atoms. The lowest BCUT2D eigenvalue weighted by atomic mass is 10.4. The number of rotatable bonds is 1. The van der Waals surface area contributed by atoms with E-state index >= 15 is 0 Å². The normalized spacial score (nSPS) is 10.0. The Morgan fingerprint density at radius 3 is 2.67 bits per heavy atom. The van der Waals surface area contributed by atoms with Gasteiger partial charge in [0.1, 0.15) is 4.34 Å². The van der Waals surface area contributed by atoms with Gasteiger partial charge < -0.3 is 5.73 Å². The number of hydrogen-bond acceptors (Lipinski definition) is 3. The van der Waals surface area contributed by atoms with Gasteiger partial charge in [-0.25, -0.2) is 4.98 Å². The van der Waals surface area contributed by atoms with E-state index in [1.54, 1.807) is 0 Å². The van der Waals surface area contributed by atoms with E-state index in [1.807, 2.05) is 6.92 Å². The minimum atomic E-state index is 0.553. The highest BCUT2D eigenvalue weighted by molar-refractivity contribution is 7.19. The standard InChI is InChI=1S/C5H7ClN2S/c1-2-3-4(6)9-5(7)8-3/h2H2,1H3,(H2,7,8). The number of nitrogens with zero attached hydrogens (tertiary/aromatic N) is 1. The SMILES string of the molecule is CCc1nc(N)sc1Cl. The summed E-state index contributed by atoms with van der Waals surface area (Å²) in [7, 11) is 0. The Balaban J connectivity index is 3.01. The highest BCUT2D eigenvalue weighted by Gasteiger charge is 2.02. The lowest BCUT2D eigenvalue weighted by molar-refractivity contribution is 1.07. The smallest absolute Gasteiger partial charge is 0.181 e. The molecule has 0 aliphatic carbocycles. The Labute approximate surface area is 62.7 Å². The molecule has 2 nitrogen and oxygen atoms in total. The van der Waals surface area contributed by atoms with Crippen LogP contribution in [-0.4, -0.2) is 4.98 Å². The van der Waals surface area contributed by atoms with Crippen LogP contribution >= 0.6 is 22.9 Å². The van der Waals surface area contributed by atoms with Gasteiger partial charge in [0.2, 0.25) is 0 Å². The zero-order valence-corrected chi connectivity index (χ0v) is 6.59. The Kier molecular flexibility index (Phi) is 1.93. The molecule has 0 fully saturated rings. The van der Waals surface area contributed by atoms with Crippen LogP contribution in [0.25, 0.3) is 0 Å². The predicted octanol–water partition coefficient (Wildman–Crippen LogP) is 1.94. The topological polar surface area (TPSA) is 38.9 Å². The van der Waals surface area contributed by atoms with Gasteiger partial charge in [-0.05, 0) is 6.42 Å². The molecule has 0 unspecified atom stereocenters. The van der Waals surface area contributed by atoms with Gasteiger partial charge in [-0.2, -0.15) is 0 Å². The molecule has 9 heavy (non-hydrogen) atoms. The lowest BCUT2D eigenvalue weighted by Crippen LogP contribution is -1.83. The van der Waals surface area contributed by atoms with Crippen LogP contribution in [0.2, 0.25) is 4.34 Å². The molecule has 0 bridgehead atoms. The van der Waals surface area contributed by atoms with E-state index in [2.05, 4.69) is 4.98 Å². The number of halogens is 1. The largest absolute Gasteiger partial charge is 0.375 e. The Bertz CT molecular complexity index is 209. The summed E-state index contributed by atoms with van der Waals surface area (Å²) in [4.78, 5) is 3.99. The third-order valence-electron chi connectivity index (χ3n) is 1.00. The first kappa shape index (κ1) is 6.83. The summed E-state index contributed by atoms with van der Waals surface area (Å²) in [5.74, 6) is 0. The number of thiazole rings is 1. The van der Waals surface area contributed by atoms with Crippen LogP contribution in [0, 0.1) is 0 Å². The van der Waals surface area contributed by atoms with Crippen molar-refractivity contribution in [2.45, 2.75) is 13.3 Å². The number of nitrogens with two attached hydrogens (primary N) is 1. The van der Waals surface area contributed by atoms with Gasteiger partial charge in [0.15, 0.2) is 5.13 Å². The molecule has 0 saturated heterocycles. The first-order valence-electron chi connectivity index (χ1n) is 2.64. The second kappa shape index (κ2) is 2.54. The highest BCUT2D eigenvalue weighted by Crippen LogP contribution is 2.25. The van der Waals surface area contributed by atoms with Gasteiger partial charge >= 0.3 is 0 Å². The van der Waals surface area contributed by atoms with Crippen LogP contribution < -0.4 is 5.73 Å². The molecule has 0 saturated carbocycles. The first-order valence-corrected chi connectivity index (χ1v) is 3.84. The molecular weight excluding hydrogens is 156 g/mol. The maximum absolute atomic E-state index is 5.72. The highest BCUT2D eigenvalue weighted by atomic mass is 35.5. The van der Waals surface area contributed by atoms with Crippen molar-refractivity contribution >= 4 is 28.1 Å². The summed E-state index contributed by atoms with van der Waals surface area (Å²) in [6.07, 6.45) is 0.854. The van der Waals surface area contributed by atoms with Crippen LogP contribution in [0.4, 0.5) is 5.13 Å². The summed E-state index contributed by atoms with van der Waals surface area (Å²) in [6.45, 7) is 2.00. The maximum atomic E-state index is 5.72. The van der Waals surface area contributed by atoms with Gasteiger partial charge in [-0.1, -0.05) is 29.9 Å². The average molecular weight is 163 g/mol. The van der Waals surface area contributed by atoms with Gasteiger partial charge in [0.25, 0.3) is 0 Å². The molecule has 0 radical (unpaired) electrons. The molecule has 2 N–H and O–H groups in total. The molecular formula is C5H7ClN2S. The third kappa shape index (κ3) is 1.34. The van der Waals surface area contributed by atoms with Crippen LogP contribution in [0.3, 0.4) is 0 Å². The zero-order valence-electron chi connectivity index (χ0n) is 5.02. The van der Waals surface area contributed by atoms with Crippen LogP contribution in [0.1, 0.15) is 12.6 Å². The molecule has 0 aromatic carbocycles. The summed E-state index contributed by atoms with van der Waals surface area (Å²) < 4.78 is 0.718. The van der Waals surface area contributed by atoms with E-state index in [9.17, 15) is 0 Å². The summed E-state index contributed by atoms with van der Waals surface area (Å²) >= 11 is 7.05. The summed E-state index contributed by atoms with van der Waals surface area (Å²) in [5, 5.41) is 0.553. The number of nitrogen functional groups attached to an aromatic ring is 1. The predicted molar refractivity (Wildman–Crippen MR) is 40.9 cm³/mol. The second-order valence-electron chi connectivity index (χ2n) is 1.63. The van der Waals surface area contributed by atoms with Crippen molar-refractivity contribution in [3.8, 4) is 0 Å². The van der Waals surface area contributed by atoms with Crippen molar-refractivity contribution in [2.75, 3.05) is 5.73 Å². The second-order valence-corrected chi connectivity index (χ2v) is 3.26. The zero-order chi connectivity index (χ0) is 6.85. The summed E-state index contributed by atoms with van der Waals surface area (Å²) in [6, 6.07) is 0. The van der Waals surface area contributed by atoms with Crippen molar-refractivity contribution in [3.63, 3.8) is 0 Å². The molecule has 0 aliphatic rings. The van der Waals surface area contributed by atoms with Gasteiger partial charge in [-0.3, -0.25) is 0 Å². The Morgan fingerprint density at radius 1 is 1.78 bits per heavy atom. The van der Waals surface area contributed by atoms with Gasteiger partial charge in [-0.15, -0.1) is 0 Å². The fraction of sp³-hybridized carbons (Fsp3) is 0.400. The first-order chi connectivity index (χ1) is 4.24. The van der Waals surface area contributed by atoms with Crippen molar-refractivity contribution in [1.29, 1.82) is 0 Å². The van der Waals surface area contributed by atoms with Crippen molar-refractivity contribution in [3.05, 3.63) is 10.0 Å². The molecule has 0 amide bonds. The molecule has 50 valence electrons. The quantitative estimate of drug-likeness (QED) is 0.686. The van der Waals surface area contributed by atoms with Crippen molar-refractivity contribution < 1.29 is 0 Å². The fourth-order valence-corrected chi connectivity index (χ4v) is 1.63. The minimum Gasteiger partial charge on any atom is -0.375 e. The van der Waals surface area contributed by atoms with E-state index in [0.29, 0.717) is 5.13 Å². The number of hydrogen-bond donors (Lipinski definition) is 1. The minimum absolute atomic E-state index is 0.553. The van der Waals surface area contributed by atoms with E-state index in [4.69, 9.17) is 17.3 Å². The molecule has 1 heterocycles. The monoisotopic (exact) mass is 162 g/mol. The molecule has 1 rings (SSSR count). The number of aryl methyl sites for hydroxylation is 1. The van der Waals surface area contributed by atoms with Gasteiger partial charge in [0, 0.05) is 0 Å². The molecule has 4 heteroatoms. The van der Waals surface area contributed by atoms with Crippen LogP contribution in [-0.2, 0) is 6.42 Å². The number of aromatic nitrogens is 1. The van der Waals surface area contributed by atoms with Crippen LogP contribution in [0.5, 0.6) is 0 Å². The summed E-state index contributed by atoms with van der Waals surface area (Å²) in [5.41, 5.74) is 6.28. The number of anilines is 1. The van der Waals surface area contributed by atoms with Crippen molar-refractivity contribution in [1.82, 2.24) is 4.98 Å². The third-order valence-corrected chi connectivity index (χ3v) is 2.17. The van der Waals surface area contributed by atoms with E-state index < -0.39 is 0 Å². The van der Waals surface area contributed by atoms with E-state index in [-0.39, 0.29) is 0 Å². The fourth-order valence-electron chi connectivity index (χ4n) is 0.569. The molecule has 0 atom stereocenters. The van der Waals surface area contributed by atoms with Crippen molar-refractivity contribution in [2.24, 2.45) is 0 Å². The molecule has 0 aliphatic heterocycles. The maximum Gasteiger partial charge on any atom is 0.181 e. The van der Waals surface area contributed by atoms with E-state index in [1.165, 1.54) is 11.3 Å². The van der Waals surface area contributed by atoms with Gasteiger partial charge in [0.05, 0.1) is 5.69 Å². The van der Waals surface area contributed by atoms with Crippen LogP contribution in [0.15, 0.2) is 0 Å². The molecule has 1 aromatic heterocycles. The average Bonchev–Trinajstić information content (AvgIpc) is 2.10. The Hall–Kier alpha value is -0.280.